The van der Waals surface area contributed by atoms with Crippen LogP contribution in [0.15, 0.2) is 70.2 Å². The van der Waals surface area contributed by atoms with Crippen molar-refractivity contribution in [3.05, 3.63) is 87.1 Å². The summed E-state index contributed by atoms with van der Waals surface area (Å²) in [6, 6.07) is 16.7. The fourth-order valence-corrected chi connectivity index (χ4v) is 6.11. The summed E-state index contributed by atoms with van der Waals surface area (Å²) in [5.41, 5.74) is 1.79. The summed E-state index contributed by atoms with van der Waals surface area (Å²) < 4.78 is 31.6. The Balaban J connectivity index is 1.89. The summed E-state index contributed by atoms with van der Waals surface area (Å²) in [6.07, 6.45) is 1.86. The Morgan fingerprint density at radius 3 is 2.62 bits per heavy atom. The fourth-order valence-electron chi connectivity index (χ4n) is 3.64. The molecule has 1 heterocycles. The van der Waals surface area contributed by atoms with Crippen molar-refractivity contribution < 1.29 is 13.2 Å². The van der Waals surface area contributed by atoms with Gasteiger partial charge in [0, 0.05) is 30.8 Å². The van der Waals surface area contributed by atoms with Crippen molar-refractivity contribution >= 4 is 43.5 Å². The molecule has 0 aliphatic heterocycles. The van der Waals surface area contributed by atoms with Gasteiger partial charge in [-0.15, -0.1) is 0 Å². The zero-order chi connectivity index (χ0) is 24.9. The molecule has 2 aromatic carbocycles. The summed E-state index contributed by atoms with van der Waals surface area (Å²) >= 11 is 9.68. The molecule has 0 radical (unpaired) electrons. The molecule has 3 rings (SSSR count). The molecule has 1 atom stereocenters. The molecule has 1 amide bonds. The van der Waals surface area contributed by atoms with Crippen molar-refractivity contribution in [3.8, 4) is 6.07 Å². The molecule has 178 valence electrons. The van der Waals surface area contributed by atoms with Crippen LogP contribution in [-0.4, -0.2) is 36.9 Å². The molecule has 0 saturated carbocycles. The van der Waals surface area contributed by atoms with Crippen molar-refractivity contribution in [2.75, 3.05) is 7.05 Å². The minimum absolute atomic E-state index is 0.0541. The van der Waals surface area contributed by atoms with Gasteiger partial charge in [-0.2, -0.15) is 9.98 Å². The number of halogens is 2. The molecule has 0 aliphatic carbocycles. The Kier molecular flexibility index (Phi) is 8.55. The molecule has 3 aromatic rings. The third-order valence-corrected chi connectivity index (χ3v) is 8.25. The van der Waals surface area contributed by atoms with E-state index >= 15 is 0 Å². The maximum atomic E-state index is 13.4. The summed E-state index contributed by atoms with van der Waals surface area (Å²) in [6.45, 7) is 2.21. The number of nitriles is 1. The Morgan fingerprint density at radius 1 is 1.21 bits per heavy atom. The molecule has 7 nitrogen and oxygen atoms in total. The van der Waals surface area contributed by atoms with E-state index in [1.807, 2.05) is 24.3 Å². The van der Waals surface area contributed by atoms with Gasteiger partial charge in [-0.05, 0) is 48.7 Å². The number of aryl methyl sites for hydroxylation is 2. The lowest BCUT2D eigenvalue weighted by molar-refractivity contribution is -0.132. The first-order chi connectivity index (χ1) is 16.1. The van der Waals surface area contributed by atoms with Crippen molar-refractivity contribution in [2.45, 2.75) is 37.4 Å². The van der Waals surface area contributed by atoms with Gasteiger partial charge >= 0.3 is 0 Å². The number of benzene rings is 2. The molecule has 34 heavy (non-hydrogen) atoms. The Labute approximate surface area is 213 Å². The van der Waals surface area contributed by atoms with Crippen LogP contribution in [0.5, 0.6) is 0 Å². The first kappa shape index (κ1) is 26.0. The van der Waals surface area contributed by atoms with Crippen LogP contribution in [0.4, 0.5) is 0 Å². The maximum Gasteiger partial charge on any atom is 0.243 e. The lowest BCUT2D eigenvalue weighted by Gasteiger charge is -2.26. The summed E-state index contributed by atoms with van der Waals surface area (Å²) in [5, 5.41) is 9.36. The van der Waals surface area contributed by atoms with Gasteiger partial charge in [-0.25, -0.2) is 8.42 Å². The monoisotopic (exact) mass is 562 g/mol. The number of sulfonamides is 1. The number of nitrogens with one attached hydrogen (secondary N) is 1. The van der Waals surface area contributed by atoms with Gasteiger partial charge in [-0.1, -0.05) is 57.9 Å². The molecular weight excluding hydrogens is 540 g/mol. The van der Waals surface area contributed by atoms with Crippen LogP contribution in [0.25, 0.3) is 0 Å². The average Bonchev–Trinajstić information content (AvgIpc) is 3.25. The van der Waals surface area contributed by atoms with E-state index in [1.54, 1.807) is 49.0 Å². The molecular formula is C24H24BrClN4O3S. The summed E-state index contributed by atoms with van der Waals surface area (Å²) in [4.78, 5) is 14.9. The van der Waals surface area contributed by atoms with E-state index < -0.39 is 22.0 Å². The van der Waals surface area contributed by atoms with E-state index in [2.05, 4.69) is 26.7 Å². The molecule has 0 fully saturated rings. The molecule has 0 spiro atoms. The first-order valence-electron chi connectivity index (χ1n) is 10.4. The van der Waals surface area contributed by atoms with Crippen LogP contribution in [0, 0.1) is 18.3 Å². The lowest BCUT2D eigenvalue weighted by atomic mass is 10.1. The Bertz CT molecular complexity index is 1310. The van der Waals surface area contributed by atoms with Crippen molar-refractivity contribution in [2.24, 2.45) is 0 Å². The fraction of sp³-hybridized carbons (Fsp3) is 0.250. The van der Waals surface area contributed by atoms with Crippen LogP contribution >= 0.6 is 27.5 Å². The molecule has 0 saturated heterocycles. The number of carbonyl (C=O) groups excluding carboxylic acids is 1. The first-order valence-corrected chi connectivity index (χ1v) is 13.1. The van der Waals surface area contributed by atoms with E-state index in [0.29, 0.717) is 11.3 Å². The zero-order valence-electron chi connectivity index (χ0n) is 18.7. The van der Waals surface area contributed by atoms with Crippen LogP contribution in [0.1, 0.15) is 23.2 Å². The van der Waals surface area contributed by atoms with Crippen molar-refractivity contribution in [3.63, 3.8) is 0 Å². The normalized spacial score (nSPS) is 12.2. The highest BCUT2D eigenvalue weighted by Crippen LogP contribution is 2.25. The van der Waals surface area contributed by atoms with E-state index in [0.717, 1.165) is 10.0 Å². The van der Waals surface area contributed by atoms with Gasteiger partial charge in [-0.3, -0.25) is 4.79 Å². The Morgan fingerprint density at radius 2 is 1.94 bits per heavy atom. The molecule has 1 N–H and O–H groups in total. The van der Waals surface area contributed by atoms with Gasteiger partial charge in [0.25, 0.3) is 0 Å². The third kappa shape index (κ3) is 6.07. The number of nitrogens with zero attached hydrogens (tertiary/aromatic N) is 3. The topological polar surface area (TPSA) is 95.2 Å². The van der Waals surface area contributed by atoms with Gasteiger partial charge in [0.1, 0.15) is 22.7 Å². The molecule has 1 aromatic heterocycles. The van der Waals surface area contributed by atoms with E-state index in [1.165, 1.54) is 11.0 Å². The standard InChI is InChI=1S/C24H24BrClN4O3S/c1-17-7-5-11-21(26)23(17)34(32,33)28-22(12-14-30-13-6-9-19(30)15-27)24(31)29(2)16-18-8-3-4-10-20(18)25/h3-11,13,22,28H,12,14,16H2,1-2H3. The van der Waals surface area contributed by atoms with Crippen LogP contribution < -0.4 is 4.72 Å². The number of amides is 1. The van der Waals surface area contributed by atoms with Gasteiger partial charge < -0.3 is 9.47 Å². The van der Waals surface area contributed by atoms with Crippen LogP contribution in [0.3, 0.4) is 0 Å². The molecule has 10 heteroatoms. The number of hydrogen-bond acceptors (Lipinski definition) is 4. The van der Waals surface area contributed by atoms with Crippen LogP contribution in [0.2, 0.25) is 5.02 Å². The predicted molar refractivity (Wildman–Crippen MR) is 135 cm³/mol. The second kappa shape index (κ2) is 11.2. The predicted octanol–water partition coefficient (Wildman–Crippen LogP) is 4.48. The average molecular weight is 564 g/mol. The highest BCUT2D eigenvalue weighted by Gasteiger charge is 2.30. The summed E-state index contributed by atoms with van der Waals surface area (Å²) in [7, 11) is -2.47. The van der Waals surface area contributed by atoms with E-state index in [9.17, 15) is 18.5 Å². The molecule has 0 bridgehead atoms. The number of aromatic nitrogens is 1. The molecule has 1 unspecified atom stereocenters. The van der Waals surface area contributed by atoms with E-state index in [-0.39, 0.29) is 29.4 Å². The zero-order valence-corrected chi connectivity index (χ0v) is 21.9. The minimum Gasteiger partial charge on any atom is -0.340 e. The second-order valence-electron chi connectivity index (χ2n) is 7.83. The van der Waals surface area contributed by atoms with Crippen LogP contribution in [-0.2, 0) is 27.9 Å². The number of rotatable bonds is 9. The minimum atomic E-state index is -4.10. The second-order valence-corrected chi connectivity index (χ2v) is 10.7. The number of likely N-dealkylation sites (N-methyl/N-ethyl adjacent to an activating group) is 1. The van der Waals surface area contributed by atoms with Crippen molar-refractivity contribution in [1.82, 2.24) is 14.2 Å². The van der Waals surface area contributed by atoms with E-state index in [4.69, 9.17) is 11.6 Å². The Hall–Kier alpha value is -2.64. The SMILES string of the molecule is Cc1cccc(Cl)c1S(=O)(=O)NC(CCn1cccc1C#N)C(=O)N(C)Cc1ccccc1Br. The van der Waals surface area contributed by atoms with Gasteiger partial charge in [0.2, 0.25) is 15.9 Å². The highest BCUT2D eigenvalue weighted by molar-refractivity contribution is 9.10. The third-order valence-electron chi connectivity index (χ3n) is 5.37. The van der Waals surface area contributed by atoms with Gasteiger partial charge in [0.15, 0.2) is 0 Å². The smallest absolute Gasteiger partial charge is 0.243 e. The van der Waals surface area contributed by atoms with Gasteiger partial charge in [0.05, 0.1) is 5.02 Å². The van der Waals surface area contributed by atoms with Crippen molar-refractivity contribution in [1.29, 1.82) is 5.26 Å². The lowest BCUT2D eigenvalue weighted by Crippen LogP contribution is -2.47. The summed E-state index contributed by atoms with van der Waals surface area (Å²) in [5.74, 6) is -0.394. The maximum absolute atomic E-state index is 13.4. The highest BCUT2D eigenvalue weighted by atomic mass is 79.9. The number of carbonyl (C=O) groups is 1. The molecule has 0 aliphatic rings. The largest absolute Gasteiger partial charge is 0.340 e. The number of hydrogen-bond donors (Lipinski definition) is 1. The quantitative estimate of drug-likeness (QED) is 0.415.